The van der Waals surface area contributed by atoms with Gasteiger partial charge in [-0.15, -0.1) is 0 Å². The SMILES string of the molecule is Cc1cc(C)nc(-n2nc(C)cc2NC(=O)CN2CCN(CC(=O)NC3CC3)CC2)n1. The molecule has 166 valence electrons. The first kappa shape index (κ1) is 21.4. The van der Waals surface area contributed by atoms with E-state index in [2.05, 4.69) is 35.5 Å². The van der Waals surface area contributed by atoms with Gasteiger partial charge in [-0.05, 0) is 39.7 Å². The molecule has 10 nitrogen and oxygen atoms in total. The van der Waals surface area contributed by atoms with E-state index in [4.69, 9.17) is 0 Å². The number of aryl methyl sites for hydroxylation is 3. The quantitative estimate of drug-likeness (QED) is 0.661. The maximum absolute atomic E-state index is 12.7. The van der Waals surface area contributed by atoms with Gasteiger partial charge in [0.05, 0.1) is 18.8 Å². The molecule has 1 aliphatic carbocycles. The van der Waals surface area contributed by atoms with Crippen molar-refractivity contribution >= 4 is 17.6 Å². The fraction of sp³-hybridized carbons (Fsp3) is 0.571. The lowest BCUT2D eigenvalue weighted by molar-refractivity contribution is -0.123. The van der Waals surface area contributed by atoms with E-state index in [0.717, 1.165) is 56.1 Å². The minimum Gasteiger partial charge on any atom is -0.352 e. The first-order valence-electron chi connectivity index (χ1n) is 10.8. The van der Waals surface area contributed by atoms with Gasteiger partial charge in [-0.2, -0.15) is 9.78 Å². The highest BCUT2D eigenvalue weighted by Gasteiger charge is 2.26. The maximum Gasteiger partial charge on any atom is 0.252 e. The summed E-state index contributed by atoms with van der Waals surface area (Å²) >= 11 is 0. The van der Waals surface area contributed by atoms with Crippen molar-refractivity contribution in [3.63, 3.8) is 0 Å². The largest absolute Gasteiger partial charge is 0.352 e. The van der Waals surface area contributed by atoms with E-state index in [0.29, 0.717) is 30.9 Å². The molecule has 2 amide bonds. The molecule has 4 rings (SSSR count). The summed E-state index contributed by atoms with van der Waals surface area (Å²) in [6, 6.07) is 4.10. The van der Waals surface area contributed by atoms with E-state index in [-0.39, 0.29) is 11.8 Å². The Balaban J connectivity index is 1.30. The Morgan fingerprint density at radius 3 is 2.06 bits per heavy atom. The Bertz CT molecular complexity index is 940. The van der Waals surface area contributed by atoms with Gasteiger partial charge in [0.15, 0.2) is 0 Å². The van der Waals surface area contributed by atoms with Crippen LogP contribution in [0.5, 0.6) is 0 Å². The van der Waals surface area contributed by atoms with Crippen LogP contribution in [0.1, 0.15) is 29.9 Å². The number of amides is 2. The van der Waals surface area contributed by atoms with Crippen molar-refractivity contribution in [2.24, 2.45) is 0 Å². The Labute approximate surface area is 182 Å². The van der Waals surface area contributed by atoms with E-state index < -0.39 is 0 Å². The minimum atomic E-state index is -0.106. The third-order valence-corrected chi connectivity index (χ3v) is 5.40. The molecule has 0 radical (unpaired) electrons. The smallest absolute Gasteiger partial charge is 0.252 e. The molecule has 2 N–H and O–H groups in total. The van der Waals surface area contributed by atoms with Gasteiger partial charge in [0.2, 0.25) is 11.8 Å². The number of hydrogen-bond donors (Lipinski definition) is 2. The molecule has 1 saturated heterocycles. The molecular weight excluding hydrogens is 396 g/mol. The second-order valence-corrected chi connectivity index (χ2v) is 8.48. The molecule has 0 bridgehead atoms. The molecule has 2 aliphatic rings. The van der Waals surface area contributed by atoms with Crippen molar-refractivity contribution in [2.75, 3.05) is 44.6 Å². The number of nitrogens with one attached hydrogen (secondary N) is 2. The summed E-state index contributed by atoms with van der Waals surface area (Å²) in [5, 5.41) is 10.4. The van der Waals surface area contributed by atoms with Crippen LogP contribution in [0.3, 0.4) is 0 Å². The van der Waals surface area contributed by atoms with E-state index in [9.17, 15) is 9.59 Å². The first-order valence-corrected chi connectivity index (χ1v) is 10.8. The minimum absolute atomic E-state index is 0.103. The number of hydrogen-bond acceptors (Lipinski definition) is 7. The summed E-state index contributed by atoms with van der Waals surface area (Å²) in [6.45, 7) is 9.46. The van der Waals surface area contributed by atoms with Crippen LogP contribution < -0.4 is 10.6 Å². The summed E-state index contributed by atoms with van der Waals surface area (Å²) in [4.78, 5) is 37.8. The van der Waals surface area contributed by atoms with Gasteiger partial charge < -0.3 is 10.6 Å². The summed E-state index contributed by atoms with van der Waals surface area (Å²) in [6.07, 6.45) is 2.20. The van der Waals surface area contributed by atoms with Crippen LogP contribution in [-0.4, -0.2) is 86.7 Å². The van der Waals surface area contributed by atoms with Crippen molar-refractivity contribution in [3.05, 3.63) is 29.2 Å². The van der Waals surface area contributed by atoms with E-state index in [1.807, 2.05) is 32.9 Å². The summed E-state index contributed by atoms with van der Waals surface area (Å²) < 4.78 is 1.57. The Morgan fingerprint density at radius 2 is 1.48 bits per heavy atom. The molecule has 2 fully saturated rings. The Hall–Kier alpha value is -2.85. The van der Waals surface area contributed by atoms with Crippen LogP contribution in [0.15, 0.2) is 12.1 Å². The highest BCUT2D eigenvalue weighted by atomic mass is 16.2. The predicted octanol–water partition coefficient (Wildman–Crippen LogP) is 0.422. The number of anilines is 1. The van der Waals surface area contributed by atoms with Gasteiger partial charge in [0, 0.05) is 49.7 Å². The molecule has 31 heavy (non-hydrogen) atoms. The number of piperazine rings is 1. The molecule has 3 heterocycles. The lowest BCUT2D eigenvalue weighted by Gasteiger charge is -2.33. The molecule has 1 aliphatic heterocycles. The zero-order chi connectivity index (χ0) is 22.0. The second kappa shape index (κ2) is 9.11. The van der Waals surface area contributed by atoms with Crippen molar-refractivity contribution in [1.82, 2.24) is 34.9 Å². The zero-order valence-corrected chi connectivity index (χ0v) is 18.4. The number of carbonyl (C=O) groups is 2. The molecule has 0 atom stereocenters. The number of nitrogens with zero attached hydrogens (tertiary/aromatic N) is 6. The number of aromatic nitrogens is 4. The Kier molecular flexibility index (Phi) is 6.28. The summed E-state index contributed by atoms with van der Waals surface area (Å²) in [7, 11) is 0. The first-order chi connectivity index (χ1) is 14.9. The fourth-order valence-corrected chi connectivity index (χ4v) is 3.74. The van der Waals surface area contributed by atoms with Gasteiger partial charge in [-0.3, -0.25) is 19.4 Å². The molecule has 2 aromatic heterocycles. The van der Waals surface area contributed by atoms with E-state index in [1.165, 1.54) is 0 Å². The van der Waals surface area contributed by atoms with Gasteiger partial charge in [0.25, 0.3) is 5.95 Å². The zero-order valence-electron chi connectivity index (χ0n) is 18.4. The predicted molar refractivity (Wildman–Crippen MR) is 116 cm³/mol. The topological polar surface area (TPSA) is 108 Å². The van der Waals surface area contributed by atoms with Gasteiger partial charge in [-0.1, -0.05) is 0 Å². The van der Waals surface area contributed by atoms with Crippen LogP contribution in [-0.2, 0) is 9.59 Å². The second-order valence-electron chi connectivity index (χ2n) is 8.48. The van der Waals surface area contributed by atoms with Crippen molar-refractivity contribution in [3.8, 4) is 5.95 Å². The van der Waals surface area contributed by atoms with Gasteiger partial charge in [-0.25, -0.2) is 9.97 Å². The van der Waals surface area contributed by atoms with Crippen LogP contribution in [0.25, 0.3) is 5.95 Å². The summed E-state index contributed by atoms with van der Waals surface area (Å²) in [5.41, 5.74) is 2.46. The standard InChI is InChI=1S/C21H30N8O2/c1-14-10-15(2)23-21(22-14)29-18(11-16(3)26-29)25-20(31)13-28-8-6-27(7-9-28)12-19(30)24-17-4-5-17/h10-11,17H,4-9,12-13H2,1-3H3,(H,24,30)(H,25,31). The lowest BCUT2D eigenvalue weighted by Crippen LogP contribution is -2.51. The molecule has 1 saturated carbocycles. The monoisotopic (exact) mass is 426 g/mol. The normalized spacial score (nSPS) is 17.5. The molecule has 0 unspecified atom stereocenters. The van der Waals surface area contributed by atoms with Crippen LogP contribution in [0.4, 0.5) is 5.82 Å². The Morgan fingerprint density at radius 1 is 0.903 bits per heavy atom. The summed E-state index contributed by atoms with van der Waals surface area (Å²) in [5.74, 6) is 0.998. The van der Waals surface area contributed by atoms with Crippen molar-refractivity contribution < 1.29 is 9.59 Å². The highest BCUT2D eigenvalue weighted by molar-refractivity contribution is 5.91. The van der Waals surface area contributed by atoms with Crippen LogP contribution in [0.2, 0.25) is 0 Å². The van der Waals surface area contributed by atoms with Crippen LogP contribution >= 0.6 is 0 Å². The van der Waals surface area contributed by atoms with E-state index in [1.54, 1.807) is 4.68 Å². The van der Waals surface area contributed by atoms with Gasteiger partial charge in [0.1, 0.15) is 5.82 Å². The molecule has 0 aromatic carbocycles. The van der Waals surface area contributed by atoms with Crippen LogP contribution in [0, 0.1) is 20.8 Å². The van der Waals surface area contributed by atoms with Gasteiger partial charge >= 0.3 is 0 Å². The number of carbonyl (C=O) groups excluding carboxylic acids is 2. The third kappa shape index (κ3) is 5.86. The molecule has 10 heteroatoms. The average molecular weight is 427 g/mol. The maximum atomic E-state index is 12.7. The average Bonchev–Trinajstić information content (AvgIpc) is 3.42. The fourth-order valence-electron chi connectivity index (χ4n) is 3.74. The lowest BCUT2D eigenvalue weighted by atomic mass is 10.3. The molecular formula is C21H30N8O2. The van der Waals surface area contributed by atoms with E-state index >= 15 is 0 Å². The van der Waals surface area contributed by atoms with Crippen molar-refractivity contribution in [2.45, 2.75) is 39.7 Å². The highest BCUT2D eigenvalue weighted by Crippen LogP contribution is 2.18. The van der Waals surface area contributed by atoms with Crippen molar-refractivity contribution in [1.29, 1.82) is 0 Å². The third-order valence-electron chi connectivity index (χ3n) is 5.40. The molecule has 0 spiro atoms. The molecule has 2 aromatic rings. The number of rotatable bonds is 7.